The van der Waals surface area contributed by atoms with Gasteiger partial charge in [0.15, 0.2) is 17.3 Å². The van der Waals surface area contributed by atoms with Crippen molar-refractivity contribution in [3.63, 3.8) is 0 Å². The van der Waals surface area contributed by atoms with E-state index in [2.05, 4.69) is 20.6 Å². The molecule has 3 heterocycles. The second kappa shape index (κ2) is 8.25. The summed E-state index contributed by atoms with van der Waals surface area (Å²) in [5.74, 6) is 2.38. The maximum absolute atomic E-state index is 12.7. The number of ether oxygens (including phenoxy) is 3. The van der Waals surface area contributed by atoms with E-state index in [0.717, 1.165) is 16.8 Å². The Kier molecular flexibility index (Phi) is 5.50. The minimum atomic E-state index is -0.243. The number of carbonyl (C=O) groups is 1. The number of amides is 1. The van der Waals surface area contributed by atoms with Crippen molar-refractivity contribution >= 4 is 11.7 Å². The first-order valence-corrected chi connectivity index (χ1v) is 10.0. The summed E-state index contributed by atoms with van der Waals surface area (Å²) >= 11 is 0. The highest BCUT2D eigenvalue weighted by Crippen LogP contribution is 2.45. The molecule has 1 amide bonds. The Morgan fingerprint density at radius 3 is 2.58 bits per heavy atom. The normalized spacial score (nSPS) is 15.4. The topological polar surface area (TPSA) is 100 Å². The van der Waals surface area contributed by atoms with Gasteiger partial charge in [-0.05, 0) is 32.9 Å². The van der Waals surface area contributed by atoms with Crippen LogP contribution < -0.4 is 19.5 Å². The molecule has 4 rings (SSSR count). The fraction of sp³-hybridized carbons (Fsp3) is 0.364. The number of nitrogens with one attached hydrogen (secondary N) is 1. The van der Waals surface area contributed by atoms with Gasteiger partial charge < -0.3 is 19.5 Å². The lowest BCUT2D eigenvalue weighted by molar-refractivity contribution is -0.116. The molecule has 1 unspecified atom stereocenters. The van der Waals surface area contributed by atoms with Gasteiger partial charge in [-0.1, -0.05) is 12.1 Å². The smallest absolute Gasteiger partial charge is 0.233 e. The minimum absolute atomic E-state index is 0.0506. The fourth-order valence-electron chi connectivity index (χ4n) is 3.84. The van der Waals surface area contributed by atoms with Gasteiger partial charge in [-0.2, -0.15) is 9.78 Å². The molecule has 1 aliphatic rings. The summed E-state index contributed by atoms with van der Waals surface area (Å²) in [6.45, 7) is 5.83. The van der Waals surface area contributed by atoms with Gasteiger partial charge in [0.25, 0.3) is 0 Å². The van der Waals surface area contributed by atoms with Crippen LogP contribution in [-0.2, 0) is 4.79 Å². The van der Waals surface area contributed by atoms with E-state index in [0.29, 0.717) is 29.0 Å². The Morgan fingerprint density at radius 2 is 1.94 bits per heavy atom. The van der Waals surface area contributed by atoms with Gasteiger partial charge >= 0.3 is 0 Å². The number of hydrogen-bond acceptors (Lipinski definition) is 7. The first kappa shape index (κ1) is 20.6. The molecule has 1 aliphatic heterocycles. The SMILES string of the molecule is COc1ccc(-n2nc(C)c3c2NC(=O)CC3c2cccc(OC)c2OC(C)C)nn1. The van der Waals surface area contributed by atoms with Gasteiger partial charge in [0.1, 0.15) is 5.82 Å². The third-order valence-corrected chi connectivity index (χ3v) is 5.11. The van der Waals surface area contributed by atoms with Crippen molar-refractivity contribution in [1.82, 2.24) is 20.0 Å². The molecule has 3 aromatic rings. The molecule has 1 aromatic carbocycles. The van der Waals surface area contributed by atoms with Crippen molar-refractivity contribution in [2.45, 2.75) is 39.2 Å². The summed E-state index contributed by atoms with van der Waals surface area (Å²) in [6, 6.07) is 9.17. The molecular formula is C22H25N5O4. The van der Waals surface area contributed by atoms with Crippen LogP contribution in [0.5, 0.6) is 17.4 Å². The van der Waals surface area contributed by atoms with E-state index in [1.54, 1.807) is 23.9 Å². The number of aromatic nitrogens is 4. The fourth-order valence-corrected chi connectivity index (χ4v) is 3.84. The van der Waals surface area contributed by atoms with Gasteiger partial charge in [-0.25, -0.2) is 0 Å². The summed E-state index contributed by atoms with van der Waals surface area (Å²) in [4.78, 5) is 12.7. The quantitative estimate of drug-likeness (QED) is 0.649. The molecule has 0 radical (unpaired) electrons. The van der Waals surface area contributed by atoms with Crippen LogP contribution in [0, 0.1) is 6.92 Å². The molecule has 0 bridgehead atoms. The zero-order chi connectivity index (χ0) is 22.1. The van der Waals surface area contributed by atoms with E-state index in [4.69, 9.17) is 14.2 Å². The van der Waals surface area contributed by atoms with E-state index in [-0.39, 0.29) is 24.3 Å². The van der Waals surface area contributed by atoms with Crippen molar-refractivity contribution in [3.05, 3.63) is 47.2 Å². The Morgan fingerprint density at radius 1 is 1.13 bits per heavy atom. The Bertz CT molecular complexity index is 1110. The van der Waals surface area contributed by atoms with Gasteiger partial charge in [-0.15, -0.1) is 10.2 Å². The third-order valence-electron chi connectivity index (χ3n) is 5.11. The molecule has 0 saturated carbocycles. The zero-order valence-electron chi connectivity index (χ0n) is 18.2. The van der Waals surface area contributed by atoms with E-state index in [1.165, 1.54) is 7.11 Å². The zero-order valence-corrected chi connectivity index (χ0v) is 18.2. The highest BCUT2D eigenvalue weighted by Gasteiger charge is 2.35. The molecule has 0 aliphatic carbocycles. The molecule has 0 spiro atoms. The second-order valence-electron chi connectivity index (χ2n) is 7.54. The first-order chi connectivity index (χ1) is 14.9. The van der Waals surface area contributed by atoms with E-state index >= 15 is 0 Å². The molecular weight excluding hydrogens is 398 g/mol. The predicted octanol–water partition coefficient (Wildman–Crippen LogP) is 3.25. The summed E-state index contributed by atoms with van der Waals surface area (Å²) in [7, 11) is 3.14. The van der Waals surface area contributed by atoms with Gasteiger partial charge in [0.05, 0.1) is 26.0 Å². The number of nitrogens with zero attached hydrogens (tertiary/aromatic N) is 4. The Balaban J connectivity index is 1.86. The van der Waals surface area contributed by atoms with Crippen LogP contribution in [0.3, 0.4) is 0 Å². The number of aryl methyl sites for hydroxylation is 1. The van der Waals surface area contributed by atoms with Crippen molar-refractivity contribution in [2.24, 2.45) is 0 Å². The molecule has 0 fully saturated rings. The standard InChI is InChI=1S/C22H25N5O4/c1-12(2)31-21-14(7-6-8-16(21)29-4)15-11-18(28)23-22-20(15)13(3)26-27(22)17-9-10-19(30-5)25-24-17/h6-10,12,15H,11H2,1-5H3,(H,23,28). The maximum Gasteiger partial charge on any atom is 0.233 e. The van der Waals surface area contributed by atoms with Crippen LogP contribution in [0.4, 0.5) is 5.82 Å². The number of carbonyl (C=O) groups excluding carboxylic acids is 1. The Labute approximate surface area is 180 Å². The maximum atomic E-state index is 12.7. The largest absolute Gasteiger partial charge is 0.493 e. The molecule has 162 valence electrons. The summed E-state index contributed by atoms with van der Waals surface area (Å²) in [5.41, 5.74) is 2.59. The van der Waals surface area contributed by atoms with E-state index in [9.17, 15) is 4.79 Å². The van der Waals surface area contributed by atoms with Crippen molar-refractivity contribution in [1.29, 1.82) is 0 Å². The molecule has 0 saturated heterocycles. The lowest BCUT2D eigenvalue weighted by Gasteiger charge is -2.27. The van der Waals surface area contributed by atoms with Crippen molar-refractivity contribution in [2.75, 3.05) is 19.5 Å². The van der Waals surface area contributed by atoms with Gasteiger partial charge in [0, 0.05) is 29.5 Å². The average molecular weight is 423 g/mol. The molecule has 1 N–H and O–H groups in total. The van der Waals surface area contributed by atoms with Crippen LogP contribution in [-0.4, -0.2) is 46.2 Å². The first-order valence-electron chi connectivity index (χ1n) is 10.0. The number of para-hydroxylation sites is 1. The lowest BCUT2D eigenvalue weighted by atomic mass is 9.85. The molecule has 9 nitrogen and oxygen atoms in total. The molecule has 2 aromatic heterocycles. The van der Waals surface area contributed by atoms with Crippen LogP contribution in [0.15, 0.2) is 30.3 Å². The average Bonchev–Trinajstić information content (AvgIpc) is 3.09. The van der Waals surface area contributed by atoms with Crippen molar-refractivity contribution in [3.8, 4) is 23.2 Å². The van der Waals surface area contributed by atoms with E-state index < -0.39 is 0 Å². The highest BCUT2D eigenvalue weighted by molar-refractivity contribution is 5.95. The number of hydrogen-bond donors (Lipinski definition) is 1. The molecule has 1 atom stereocenters. The monoisotopic (exact) mass is 423 g/mol. The predicted molar refractivity (Wildman–Crippen MR) is 114 cm³/mol. The minimum Gasteiger partial charge on any atom is -0.493 e. The van der Waals surface area contributed by atoms with Crippen LogP contribution in [0.2, 0.25) is 0 Å². The highest BCUT2D eigenvalue weighted by atomic mass is 16.5. The second-order valence-corrected chi connectivity index (χ2v) is 7.54. The summed E-state index contributed by atoms with van der Waals surface area (Å²) < 4.78 is 18.3. The van der Waals surface area contributed by atoms with E-state index in [1.807, 2.05) is 39.0 Å². The number of benzene rings is 1. The van der Waals surface area contributed by atoms with Crippen LogP contribution in [0.25, 0.3) is 5.82 Å². The summed E-state index contributed by atoms with van der Waals surface area (Å²) in [6.07, 6.45) is 0.223. The van der Waals surface area contributed by atoms with Crippen LogP contribution in [0.1, 0.15) is 43.0 Å². The molecule has 9 heteroatoms. The number of rotatable bonds is 6. The molecule has 31 heavy (non-hydrogen) atoms. The number of methoxy groups -OCH3 is 2. The third kappa shape index (κ3) is 3.78. The number of fused-ring (bicyclic) bond motifs is 1. The summed E-state index contributed by atoms with van der Waals surface area (Å²) in [5, 5.41) is 15.8. The lowest BCUT2D eigenvalue weighted by Crippen LogP contribution is -2.25. The van der Waals surface area contributed by atoms with Crippen molar-refractivity contribution < 1.29 is 19.0 Å². The van der Waals surface area contributed by atoms with Gasteiger partial charge in [-0.3, -0.25) is 4.79 Å². The Hall–Kier alpha value is -3.62. The van der Waals surface area contributed by atoms with Crippen LogP contribution >= 0.6 is 0 Å². The van der Waals surface area contributed by atoms with Gasteiger partial charge in [0.2, 0.25) is 11.8 Å². The number of anilines is 1.